The Morgan fingerprint density at radius 2 is 2.33 bits per heavy atom. The zero-order valence-corrected chi connectivity index (χ0v) is 12.0. The maximum Gasteiger partial charge on any atom is 0.206 e. The maximum atomic E-state index is 5.45. The fourth-order valence-electron chi connectivity index (χ4n) is 1.50. The molecule has 0 aliphatic rings. The number of nitrogens with zero attached hydrogens (tertiary/aromatic N) is 1. The Morgan fingerprint density at radius 3 is 2.89 bits per heavy atom. The molecular weight excluding hydrogens is 248 g/mol. The average Bonchev–Trinajstić information content (AvgIpc) is 2.79. The number of thiophene rings is 1. The summed E-state index contributed by atoms with van der Waals surface area (Å²) in [4.78, 5) is 6.92. The number of hydrogen-bond donors (Lipinski definition) is 3. The second-order valence-electron chi connectivity index (χ2n) is 4.04. The molecule has 0 radical (unpaired) electrons. The van der Waals surface area contributed by atoms with Gasteiger partial charge in [0.25, 0.3) is 0 Å². The molecule has 0 aromatic carbocycles. The lowest BCUT2D eigenvalue weighted by atomic mass is 10.3. The quantitative estimate of drug-likeness (QED) is 0.241. The van der Waals surface area contributed by atoms with Crippen LogP contribution in [0.2, 0.25) is 0 Å². The molecule has 0 aliphatic carbocycles. The van der Waals surface area contributed by atoms with Crippen molar-refractivity contribution in [3.05, 3.63) is 21.9 Å². The van der Waals surface area contributed by atoms with Gasteiger partial charge < -0.3 is 10.1 Å². The third-order valence-electron chi connectivity index (χ3n) is 2.45. The van der Waals surface area contributed by atoms with Gasteiger partial charge in [-0.15, -0.1) is 11.3 Å². The van der Waals surface area contributed by atoms with Gasteiger partial charge in [0.2, 0.25) is 5.96 Å². The highest BCUT2D eigenvalue weighted by Gasteiger charge is 2.08. The van der Waals surface area contributed by atoms with Crippen LogP contribution in [0, 0.1) is 6.92 Å². The fourth-order valence-corrected chi connectivity index (χ4v) is 2.37. The summed E-state index contributed by atoms with van der Waals surface area (Å²) in [6.07, 6.45) is 0.885. The zero-order chi connectivity index (χ0) is 13.4. The van der Waals surface area contributed by atoms with Crippen LogP contribution in [-0.4, -0.2) is 26.2 Å². The van der Waals surface area contributed by atoms with Crippen LogP contribution in [0.4, 0.5) is 0 Å². The third-order valence-corrected chi connectivity index (χ3v) is 3.64. The van der Waals surface area contributed by atoms with Crippen molar-refractivity contribution in [2.45, 2.75) is 26.3 Å². The standard InChI is InChI=1S/C12H22N4OS/c1-9-5-6-11(18-9)10(2)15-12(16-13)14-7-4-8-17-3/h5-6,10H,4,7-8,13H2,1-3H3,(H2,14,15,16). The minimum atomic E-state index is 0.195. The van der Waals surface area contributed by atoms with Crippen molar-refractivity contribution < 1.29 is 4.74 Å². The number of rotatable bonds is 6. The summed E-state index contributed by atoms with van der Waals surface area (Å²) in [6.45, 7) is 5.59. The SMILES string of the molecule is COCCCN=C(NN)NC(C)c1ccc(C)s1. The van der Waals surface area contributed by atoms with Gasteiger partial charge in [-0.2, -0.15) is 0 Å². The molecule has 0 bridgehead atoms. The summed E-state index contributed by atoms with van der Waals surface area (Å²) in [7, 11) is 1.69. The molecule has 1 aromatic rings. The predicted octanol–water partition coefficient (Wildman–Crippen LogP) is 1.56. The summed E-state index contributed by atoms with van der Waals surface area (Å²) in [5.74, 6) is 6.06. The summed E-state index contributed by atoms with van der Waals surface area (Å²) in [5.41, 5.74) is 2.59. The molecule has 18 heavy (non-hydrogen) atoms. The lowest BCUT2D eigenvalue weighted by Gasteiger charge is -2.15. The average molecular weight is 270 g/mol. The molecule has 0 fully saturated rings. The van der Waals surface area contributed by atoms with Crippen LogP contribution in [0.1, 0.15) is 29.1 Å². The summed E-state index contributed by atoms with van der Waals surface area (Å²) < 4.78 is 4.97. The largest absolute Gasteiger partial charge is 0.385 e. The van der Waals surface area contributed by atoms with Gasteiger partial charge in [-0.25, -0.2) is 5.84 Å². The van der Waals surface area contributed by atoms with Gasteiger partial charge in [0.1, 0.15) is 0 Å². The van der Waals surface area contributed by atoms with Crippen LogP contribution in [0.5, 0.6) is 0 Å². The van der Waals surface area contributed by atoms with Crippen LogP contribution >= 0.6 is 11.3 Å². The molecule has 0 spiro atoms. The van der Waals surface area contributed by atoms with E-state index in [0.29, 0.717) is 19.1 Å². The van der Waals surface area contributed by atoms with Crippen molar-refractivity contribution >= 4 is 17.3 Å². The van der Waals surface area contributed by atoms with Gasteiger partial charge in [0.15, 0.2) is 0 Å². The van der Waals surface area contributed by atoms with E-state index in [2.05, 4.69) is 41.7 Å². The molecule has 1 atom stereocenters. The van der Waals surface area contributed by atoms with E-state index in [1.165, 1.54) is 9.75 Å². The maximum absolute atomic E-state index is 5.45. The van der Waals surface area contributed by atoms with E-state index in [1.807, 2.05) is 0 Å². The van der Waals surface area contributed by atoms with Crippen LogP contribution in [0.3, 0.4) is 0 Å². The van der Waals surface area contributed by atoms with Crippen LogP contribution in [0.25, 0.3) is 0 Å². The number of guanidine groups is 1. The van der Waals surface area contributed by atoms with Crippen molar-refractivity contribution in [2.24, 2.45) is 10.8 Å². The van der Waals surface area contributed by atoms with Crippen LogP contribution in [-0.2, 0) is 4.74 Å². The highest BCUT2D eigenvalue weighted by Crippen LogP contribution is 2.21. The first-order valence-corrected chi connectivity index (χ1v) is 6.82. The first kappa shape index (κ1) is 14.9. The number of hydrazine groups is 1. The Morgan fingerprint density at radius 1 is 1.56 bits per heavy atom. The Hall–Kier alpha value is -1.11. The highest BCUT2D eigenvalue weighted by atomic mass is 32.1. The van der Waals surface area contributed by atoms with E-state index in [0.717, 1.165) is 6.42 Å². The Balaban J connectivity index is 2.46. The molecule has 5 nitrogen and oxygen atoms in total. The minimum absolute atomic E-state index is 0.195. The molecule has 1 rings (SSSR count). The van der Waals surface area contributed by atoms with Crippen molar-refractivity contribution in [3.8, 4) is 0 Å². The van der Waals surface area contributed by atoms with Crippen molar-refractivity contribution in [1.82, 2.24) is 10.7 Å². The molecule has 1 unspecified atom stereocenters. The number of aliphatic imine (C=N–C) groups is 1. The number of nitrogens with two attached hydrogens (primary N) is 1. The van der Waals surface area contributed by atoms with Gasteiger partial charge >= 0.3 is 0 Å². The third kappa shape index (κ3) is 5.03. The molecule has 0 saturated carbocycles. The van der Waals surface area contributed by atoms with Gasteiger partial charge in [0, 0.05) is 30.0 Å². The molecular formula is C12H22N4OS. The molecule has 0 aliphatic heterocycles. The van der Waals surface area contributed by atoms with Crippen molar-refractivity contribution in [2.75, 3.05) is 20.3 Å². The summed E-state index contributed by atoms with van der Waals surface area (Å²) >= 11 is 1.77. The number of ether oxygens (including phenoxy) is 1. The van der Waals surface area contributed by atoms with Crippen molar-refractivity contribution in [3.63, 3.8) is 0 Å². The first-order valence-electron chi connectivity index (χ1n) is 6.00. The topological polar surface area (TPSA) is 71.7 Å². The predicted molar refractivity (Wildman–Crippen MR) is 76.7 cm³/mol. The smallest absolute Gasteiger partial charge is 0.206 e. The monoisotopic (exact) mass is 270 g/mol. The first-order chi connectivity index (χ1) is 8.67. The molecule has 1 heterocycles. The number of aryl methyl sites for hydroxylation is 1. The zero-order valence-electron chi connectivity index (χ0n) is 11.2. The molecule has 6 heteroatoms. The van der Waals surface area contributed by atoms with Crippen LogP contribution in [0.15, 0.2) is 17.1 Å². The summed E-state index contributed by atoms with van der Waals surface area (Å²) in [6, 6.07) is 4.43. The Bertz CT molecular complexity index is 378. The molecule has 1 aromatic heterocycles. The van der Waals surface area contributed by atoms with Crippen molar-refractivity contribution in [1.29, 1.82) is 0 Å². The summed E-state index contributed by atoms with van der Waals surface area (Å²) in [5, 5.41) is 3.26. The molecule has 0 amide bonds. The van der Waals surface area contributed by atoms with E-state index >= 15 is 0 Å². The highest BCUT2D eigenvalue weighted by molar-refractivity contribution is 7.12. The van der Waals surface area contributed by atoms with E-state index in [-0.39, 0.29) is 6.04 Å². The molecule has 4 N–H and O–H groups in total. The normalized spacial score (nSPS) is 13.4. The number of hydrogen-bond acceptors (Lipinski definition) is 4. The van der Waals surface area contributed by atoms with E-state index in [9.17, 15) is 0 Å². The van der Waals surface area contributed by atoms with E-state index < -0.39 is 0 Å². The van der Waals surface area contributed by atoms with Gasteiger partial charge in [-0.1, -0.05) is 0 Å². The molecule has 0 saturated heterocycles. The second kappa shape index (κ2) is 8.07. The Labute approximate surface area is 112 Å². The molecule has 102 valence electrons. The lowest BCUT2D eigenvalue weighted by molar-refractivity contribution is 0.197. The lowest BCUT2D eigenvalue weighted by Crippen LogP contribution is -2.42. The van der Waals surface area contributed by atoms with E-state index in [4.69, 9.17) is 10.6 Å². The second-order valence-corrected chi connectivity index (χ2v) is 5.35. The number of methoxy groups -OCH3 is 1. The van der Waals surface area contributed by atoms with Gasteiger partial charge in [0.05, 0.1) is 6.04 Å². The van der Waals surface area contributed by atoms with Gasteiger partial charge in [-0.3, -0.25) is 10.4 Å². The Kier molecular flexibility index (Phi) is 6.70. The van der Waals surface area contributed by atoms with Crippen LogP contribution < -0.4 is 16.6 Å². The minimum Gasteiger partial charge on any atom is -0.385 e. The fraction of sp³-hybridized carbons (Fsp3) is 0.583. The van der Waals surface area contributed by atoms with Gasteiger partial charge in [-0.05, 0) is 32.4 Å². The van der Waals surface area contributed by atoms with E-state index in [1.54, 1.807) is 18.4 Å². The number of nitrogens with one attached hydrogen (secondary N) is 2.